The van der Waals surface area contributed by atoms with Gasteiger partial charge in [0.25, 0.3) is 5.91 Å². The first-order valence-corrected chi connectivity index (χ1v) is 9.01. The predicted octanol–water partition coefficient (Wildman–Crippen LogP) is 1.16. The molecule has 1 aliphatic rings. The number of ether oxygens (including phenoxy) is 1. The van der Waals surface area contributed by atoms with Gasteiger partial charge in [-0.15, -0.1) is 0 Å². The molecule has 0 saturated heterocycles. The maximum Gasteiger partial charge on any atom is 0.251 e. The van der Waals surface area contributed by atoms with Gasteiger partial charge in [-0.05, 0) is 44.0 Å². The van der Waals surface area contributed by atoms with Crippen LogP contribution in [0.2, 0.25) is 0 Å². The number of amides is 1. The molecule has 1 amide bonds. The standard InChI is InChI=1S/C15H22N2O4S/c1-10(9-21-3)16-15(18)12-5-6-14-13(8-12)7-11(2)17(14)22(4,19)20/h5-6,8,10-11H,7,9H2,1-4H3,(H,16,18)/t10-,11-/m1/s1. The van der Waals surface area contributed by atoms with E-state index in [2.05, 4.69) is 5.32 Å². The normalized spacial score (nSPS) is 18.9. The first kappa shape index (κ1) is 16.8. The summed E-state index contributed by atoms with van der Waals surface area (Å²) in [5.41, 5.74) is 2.07. The van der Waals surface area contributed by atoms with Gasteiger partial charge in [-0.3, -0.25) is 9.10 Å². The molecule has 1 aromatic carbocycles. The summed E-state index contributed by atoms with van der Waals surface area (Å²) in [7, 11) is -1.73. The van der Waals surface area contributed by atoms with Gasteiger partial charge in [0, 0.05) is 24.8 Å². The third kappa shape index (κ3) is 3.41. The third-order valence-electron chi connectivity index (χ3n) is 3.65. The van der Waals surface area contributed by atoms with Gasteiger partial charge in [0.1, 0.15) is 0 Å². The highest BCUT2D eigenvalue weighted by Crippen LogP contribution is 2.34. The van der Waals surface area contributed by atoms with E-state index in [-0.39, 0.29) is 18.0 Å². The number of carbonyl (C=O) groups is 1. The summed E-state index contributed by atoms with van der Waals surface area (Å²) in [6.45, 7) is 4.17. The van der Waals surface area contributed by atoms with Crippen molar-refractivity contribution < 1.29 is 17.9 Å². The maximum absolute atomic E-state index is 12.2. The highest BCUT2D eigenvalue weighted by molar-refractivity contribution is 7.92. The smallest absolute Gasteiger partial charge is 0.251 e. The zero-order valence-corrected chi connectivity index (χ0v) is 14.1. The summed E-state index contributed by atoms with van der Waals surface area (Å²) in [4.78, 5) is 12.2. The Labute approximate surface area is 131 Å². The van der Waals surface area contributed by atoms with Gasteiger partial charge in [0.05, 0.1) is 18.6 Å². The lowest BCUT2D eigenvalue weighted by Crippen LogP contribution is -2.35. The van der Waals surface area contributed by atoms with Gasteiger partial charge >= 0.3 is 0 Å². The van der Waals surface area contributed by atoms with Crippen LogP contribution in [-0.4, -0.2) is 46.4 Å². The van der Waals surface area contributed by atoms with E-state index in [0.717, 1.165) is 5.56 Å². The number of fused-ring (bicyclic) bond motifs is 1. The van der Waals surface area contributed by atoms with Crippen LogP contribution >= 0.6 is 0 Å². The number of sulfonamides is 1. The van der Waals surface area contributed by atoms with E-state index in [4.69, 9.17) is 4.74 Å². The van der Waals surface area contributed by atoms with Crippen LogP contribution in [0.5, 0.6) is 0 Å². The number of methoxy groups -OCH3 is 1. The molecule has 1 N–H and O–H groups in total. The van der Waals surface area contributed by atoms with E-state index in [1.165, 1.54) is 10.6 Å². The summed E-state index contributed by atoms with van der Waals surface area (Å²) in [5.74, 6) is -0.183. The molecule has 1 aliphatic heterocycles. The van der Waals surface area contributed by atoms with Crippen LogP contribution in [0, 0.1) is 0 Å². The molecule has 0 saturated carbocycles. The SMILES string of the molecule is COC[C@@H](C)NC(=O)c1ccc2c(c1)C[C@@H](C)N2S(C)(=O)=O. The average Bonchev–Trinajstić information content (AvgIpc) is 2.73. The van der Waals surface area contributed by atoms with Crippen LogP contribution in [0.3, 0.4) is 0 Å². The fraction of sp³-hybridized carbons (Fsp3) is 0.533. The highest BCUT2D eigenvalue weighted by atomic mass is 32.2. The lowest BCUT2D eigenvalue weighted by atomic mass is 10.1. The largest absolute Gasteiger partial charge is 0.383 e. The Morgan fingerprint density at radius 1 is 1.50 bits per heavy atom. The van der Waals surface area contributed by atoms with Crippen molar-refractivity contribution in [2.75, 3.05) is 24.3 Å². The van der Waals surface area contributed by atoms with E-state index in [1.807, 2.05) is 13.8 Å². The zero-order chi connectivity index (χ0) is 16.5. The van der Waals surface area contributed by atoms with E-state index < -0.39 is 10.0 Å². The van der Waals surface area contributed by atoms with E-state index >= 15 is 0 Å². The minimum Gasteiger partial charge on any atom is -0.383 e. The van der Waals surface area contributed by atoms with E-state index in [1.54, 1.807) is 25.3 Å². The monoisotopic (exact) mass is 326 g/mol. The summed E-state index contributed by atoms with van der Waals surface area (Å²) in [6.07, 6.45) is 1.81. The number of benzene rings is 1. The van der Waals surface area contributed by atoms with Crippen molar-refractivity contribution in [2.45, 2.75) is 32.4 Å². The second-order valence-corrected chi connectivity index (χ2v) is 7.64. The maximum atomic E-state index is 12.2. The minimum absolute atomic E-state index is 0.0859. The van der Waals surface area contributed by atoms with E-state index in [0.29, 0.717) is 24.3 Å². The van der Waals surface area contributed by atoms with Crippen molar-refractivity contribution in [1.29, 1.82) is 0 Å². The molecule has 22 heavy (non-hydrogen) atoms. The molecule has 1 heterocycles. The lowest BCUT2D eigenvalue weighted by molar-refractivity contribution is 0.0905. The molecule has 1 aromatic rings. The molecule has 0 spiro atoms. The first-order chi connectivity index (χ1) is 10.2. The van der Waals surface area contributed by atoms with Gasteiger partial charge in [-0.2, -0.15) is 0 Å². The van der Waals surface area contributed by atoms with Crippen molar-refractivity contribution in [3.8, 4) is 0 Å². The molecule has 2 rings (SSSR count). The van der Waals surface area contributed by atoms with Crippen LogP contribution in [0.15, 0.2) is 18.2 Å². The Kier molecular flexibility index (Phi) is 4.77. The van der Waals surface area contributed by atoms with Crippen LogP contribution < -0.4 is 9.62 Å². The Morgan fingerprint density at radius 2 is 2.18 bits per heavy atom. The predicted molar refractivity (Wildman–Crippen MR) is 85.7 cm³/mol. The highest BCUT2D eigenvalue weighted by Gasteiger charge is 2.32. The van der Waals surface area contributed by atoms with Crippen molar-refractivity contribution in [2.24, 2.45) is 0 Å². The molecule has 7 heteroatoms. The van der Waals surface area contributed by atoms with Crippen LogP contribution in [0.4, 0.5) is 5.69 Å². The fourth-order valence-corrected chi connectivity index (χ4v) is 4.11. The summed E-state index contributed by atoms with van der Waals surface area (Å²) in [6, 6.07) is 4.92. The molecule has 122 valence electrons. The molecular weight excluding hydrogens is 304 g/mol. The topological polar surface area (TPSA) is 75.7 Å². The van der Waals surface area contributed by atoms with Crippen LogP contribution in [0.25, 0.3) is 0 Å². The Hall–Kier alpha value is -1.60. The molecule has 0 fully saturated rings. The fourth-order valence-electron chi connectivity index (χ4n) is 2.85. The lowest BCUT2D eigenvalue weighted by Gasteiger charge is -2.22. The minimum atomic E-state index is -3.31. The number of rotatable bonds is 5. The zero-order valence-electron chi connectivity index (χ0n) is 13.3. The Balaban J connectivity index is 2.24. The van der Waals surface area contributed by atoms with Crippen molar-refractivity contribution in [3.63, 3.8) is 0 Å². The van der Waals surface area contributed by atoms with Crippen LogP contribution in [-0.2, 0) is 21.2 Å². The van der Waals surface area contributed by atoms with Gasteiger partial charge in [0.2, 0.25) is 10.0 Å². The third-order valence-corrected chi connectivity index (χ3v) is 4.92. The number of hydrogen-bond donors (Lipinski definition) is 1. The second kappa shape index (κ2) is 6.26. The number of nitrogens with zero attached hydrogens (tertiary/aromatic N) is 1. The average molecular weight is 326 g/mol. The van der Waals surface area contributed by atoms with Gasteiger partial charge < -0.3 is 10.1 Å². The number of carbonyl (C=O) groups excluding carboxylic acids is 1. The first-order valence-electron chi connectivity index (χ1n) is 7.16. The molecular formula is C15H22N2O4S. The van der Waals surface area contributed by atoms with Crippen molar-refractivity contribution >= 4 is 21.6 Å². The van der Waals surface area contributed by atoms with Gasteiger partial charge in [-0.1, -0.05) is 0 Å². The quantitative estimate of drug-likeness (QED) is 0.881. The second-order valence-electron chi connectivity index (χ2n) is 5.79. The summed E-state index contributed by atoms with van der Waals surface area (Å²) >= 11 is 0. The number of hydrogen-bond acceptors (Lipinski definition) is 4. The molecule has 0 aliphatic carbocycles. The van der Waals surface area contributed by atoms with Crippen molar-refractivity contribution in [1.82, 2.24) is 5.32 Å². The van der Waals surface area contributed by atoms with E-state index in [9.17, 15) is 13.2 Å². The summed E-state index contributed by atoms with van der Waals surface area (Å²) in [5, 5.41) is 2.85. The molecule has 6 nitrogen and oxygen atoms in total. The molecule has 0 aromatic heterocycles. The molecule has 0 bridgehead atoms. The van der Waals surface area contributed by atoms with Gasteiger partial charge in [0.15, 0.2) is 0 Å². The molecule has 0 radical (unpaired) electrons. The molecule has 0 unspecified atom stereocenters. The number of anilines is 1. The van der Waals surface area contributed by atoms with Gasteiger partial charge in [-0.25, -0.2) is 8.42 Å². The van der Waals surface area contributed by atoms with Crippen molar-refractivity contribution in [3.05, 3.63) is 29.3 Å². The Bertz CT molecular complexity index is 672. The van der Waals surface area contributed by atoms with Crippen LogP contribution in [0.1, 0.15) is 29.8 Å². The number of nitrogens with one attached hydrogen (secondary N) is 1. The molecule has 2 atom stereocenters. The summed E-state index contributed by atoms with van der Waals surface area (Å²) < 4.78 is 30.2. The Morgan fingerprint density at radius 3 is 2.77 bits per heavy atom.